The van der Waals surface area contributed by atoms with Crippen LogP contribution in [0.3, 0.4) is 0 Å². The molecule has 0 nitrogen and oxygen atoms in total. The van der Waals surface area contributed by atoms with Gasteiger partial charge in [0.15, 0.2) is 0 Å². The molecular formula is C28H22As. The summed E-state index contributed by atoms with van der Waals surface area (Å²) in [4.78, 5) is 0. The molecule has 5 aromatic carbocycles. The van der Waals surface area contributed by atoms with Gasteiger partial charge in [-0.2, -0.15) is 0 Å². The Kier molecular flexibility index (Phi) is 4.80. The first-order valence-electron chi connectivity index (χ1n) is 9.95. The SMILES string of the molecule is c1ccc([As](c2ccccc2)(c2ccccc2)c2cccc3ccccc23)cc1. The van der Waals surface area contributed by atoms with Gasteiger partial charge in [0, 0.05) is 0 Å². The minimum atomic E-state index is -2.96. The topological polar surface area (TPSA) is 0 Å². The number of rotatable bonds is 4. The van der Waals surface area contributed by atoms with Crippen LogP contribution in [-0.4, -0.2) is 13.6 Å². The van der Waals surface area contributed by atoms with E-state index in [9.17, 15) is 0 Å². The van der Waals surface area contributed by atoms with Gasteiger partial charge in [-0.1, -0.05) is 0 Å². The summed E-state index contributed by atoms with van der Waals surface area (Å²) in [6.07, 6.45) is 0. The molecule has 0 unspecified atom stereocenters. The Balaban J connectivity index is 1.99. The third-order valence-corrected chi connectivity index (χ3v) is 14.6. The Morgan fingerprint density at radius 3 is 1.28 bits per heavy atom. The first kappa shape index (κ1) is 18.0. The molecular weight excluding hydrogens is 411 g/mol. The van der Waals surface area contributed by atoms with Gasteiger partial charge in [0.25, 0.3) is 0 Å². The zero-order valence-electron chi connectivity index (χ0n) is 16.1. The van der Waals surface area contributed by atoms with E-state index in [0.29, 0.717) is 0 Å². The summed E-state index contributed by atoms with van der Waals surface area (Å²) in [6, 6.07) is 49.0. The van der Waals surface area contributed by atoms with Crippen molar-refractivity contribution in [2.24, 2.45) is 0 Å². The Bertz CT molecular complexity index is 1130. The zero-order chi connectivity index (χ0) is 19.5. The third kappa shape index (κ3) is 3.01. The summed E-state index contributed by atoms with van der Waals surface area (Å²) in [5, 5.41) is 2.66. The van der Waals surface area contributed by atoms with Crippen molar-refractivity contribution in [2.75, 3.05) is 0 Å². The van der Waals surface area contributed by atoms with Gasteiger partial charge in [0.05, 0.1) is 0 Å². The van der Waals surface area contributed by atoms with Crippen LogP contribution in [0.5, 0.6) is 0 Å². The number of hydrogen-bond acceptors (Lipinski definition) is 0. The molecule has 0 aliphatic carbocycles. The van der Waals surface area contributed by atoms with Crippen molar-refractivity contribution >= 4 is 41.7 Å². The van der Waals surface area contributed by atoms with E-state index in [2.05, 4.69) is 133 Å². The van der Waals surface area contributed by atoms with Crippen LogP contribution < -0.4 is 17.4 Å². The van der Waals surface area contributed by atoms with Crippen LogP contribution in [0.1, 0.15) is 0 Å². The molecule has 0 atom stereocenters. The fraction of sp³-hybridized carbons (Fsp3) is 0. The molecule has 0 amide bonds. The van der Waals surface area contributed by atoms with Gasteiger partial charge in [-0.3, -0.25) is 0 Å². The molecule has 0 saturated heterocycles. The van der Waals surface area contributed by atoms with Crippen molar-refractivity contribution in [1.29, 1.82) is 0 Å². The Morgan fingerprint density at radius 2 is 0.759 bits per heavy atom. The van der Waals surface area contributed by atoms with Crippen LogP contribution in [-0.2, 0) is 0 Å². The molecule has 0 heterocycles. The number of benzene rings is 5. The van der Waals surface area contributed by atoms with Gasteiger partial charge in [-0.15, -0.1) is 0 Å². The molecule has 0 saturated carbocycles. The van der Waals surface area contributed by atoms with Crippen molar-refractivity contribution in [3.63, 3.8) is 0 Å². The molecule has 0 bridgehead atoms. The molecule has 1 heteroatoms. The Hall–Kier alpha value is -3.08. The second-order valence-electron chi connectivity index (χ2n) is 7.18. The standard InChI is InChI=1S/C28H22As/c1-4-15-24(16-5-1)29(25-17-6-2-7-18-25,26-19-8-3-9-20-26)28-22-12-14-23-13-10-11-21-27(23)28/h1-22H. The maximum atomic E-state index is 2.36. The molecule has 1 radical (unpaired) electrons. The summed E-state index contributed by atoms with van der Waals surface area (Å²) in [6.45, 7) is 0. The van der Waals surface area contributed by atoms with Gasteiger partial charge in [0.1, 0.15) is 0 Å². The summed E-state index contributed by atoms with van der Waals surface area (Å²) < 4.78 is 5.81. The molecule has 5 aromatic rings. The van der Waals surface area contributed by atoms with E-state index in [0.717, 1.165) is 0 Å². The van der Waals surface area contributed by atoms with E-state index in [1.165, 1.54) is 28.2 Å². The van der Waals surface area contributed by atoms with Gasteiger partial charge in [-0.25, -0.2) is 0 Å². The fourth-order valence-electron chi connectivity index (χ4n) is 4.32. The van der Waals surface area contributed by atoms with E-state index in [4.69, 9.17) is 0 Å². The molecule has 29 heavy (non-hydrogen) atoms. The predicted octanol–water partition coefficient (Wildman–Crippen LogP) is 4.22. The van der Waals surface area contributed by atoms with Gasteiger partial charge in [0.2, 0.25) is 0 Å². The normalized spacial score (nSPS) is 11.4. The quantitative estimate of drug-likeness (QED) is 0.373. The number of hydrogen-bond donors (Lipinski definition) is 0. The van der Waals surface area contributed by atoms with E-state index in [-0.39, 0.29) is 0 Å². The molecule has 0 N–H and O–H groups in total. The minimum absolute atomic E-state index is 1.30. The molecule has 0 aliphatic heterocycles. The average Bonchev–Trinajstić information content (AvgIpc) is 2.82. The second-order valence-corrected chi connectivity index (χ2v) is 14.3. The molecule has 0 aliphatic rings. The van der Waals surface area contributed by atoms with Gasteiger partial charge >= 0.3 is 175 Å². The molecule has 0 fully saturated rings. The van der Waals surface area contributed by atoms with Crippen molar-refractivity contribution < 1.29 is 0 Å². The number of fused-ring (bicyclic) bond motifs is 1. The summed E-state index contributed by atoms with van der Waals surface area (Å²) >= 11 is -2.96. The van der Waals surface area contributed by atoms with Crippen LogP contribution in [0.15, 0.2) is 133 Å². The Labute approximate surface area is 174 Å². The summed E-state index contributed by atoms with van der Waals surface area (Å²) in [5.74, 6) is 0. The maximum absolute atomic E-state index is 2.96. The monoisotopic (exact) mass is 433 g/mol. The molecule has 5 rings (SSSR count). The van der Waals surface area contributed by atoms with Crippen molar-refractivity contribution in [3.8, 4) is 0 Å². The van der Waals surface area contributed by atoms with Crippen LogP contribution in [0.25, 0.3) is 10.8 Å². The van der Waals surface area contributed by atoms with E-state index >= 15 is 0 Å². The molecule has 139 valence electrons. The fourth-order valence-corrected chi connectivity index (χ4v) is 13.7. The third-order valence-electron chi connectivity index (χ3n) is 5.56. The summed E-state index contributed by atoms with van der Waals surface area (Å²) in [7, 11) is 0. The van der Waals surface area contributed by atoms with Crippen LogP contribution in [0.4, 0.5) is 0 Å². The van der Waals surface area contributed by atoms with E-state index in [1.54, 1.807) is 0 Å². The second kappa shape index (κ2) is 7.74. The molecule has 0 aromatic heterocycles. The van der Waals surface area contributed by atoms with E-state index in [1.807, 2.05) is 0 Å². The van der Waals surface area contributed by atoms with Crippen LogP contribution >= 0.6 is 0 Å². The van der Waals surface area contributed by atoms with Crippen LogP contribution in [0, 0.1) is 0 Å². The Morgan fingerprint density at radius 1 is 0.345 bits per heavy atom. The van der Waals surface area contributed by atoms with Crippen molar-refractivity contribution in [3.05, 3.63) is 133 Å². The summed E-state index contributed by atoms with van der Waals surface area (Å²) in [5.41, 5.74) is 0. The van der Waals surface area contributed by atoms with Crippen molar-refractivity contribution in [1.82, 2.24) is 0 Å². The zero-order valence-corrected chi connectivity index (χ0v) is 18.0. The predicted molar refractivity (Wildman–Crippen MR) is 128 cm³/mol. The van der Waals surface area contributed by atoms with E-state index < -0.39 is 13.6 Å². The van der Waals surface area contributed by atoms with Gasteiger partial charge in [-0.05, 0) is 0 Å². The van der Waals surface area contributed by atoms with Crippen molar-refractivity contribution in [2.45, 2.75) is 0 Å². The molecule has 0 spiro atoms. The first-order chi connectivity index (χ1) is 14.4. The first-order valence-corrected chi connectivity index (χ1v) is 13.7. The van der Waals surface area contributed by atoms with Gasteiger partial charge < -0.3 is 0 Å². The van der Waals surface area contributed by atoms with Crippen LogP contribution in [0.2, 0.25) is 0 Å². The average molecular weight is 433 g/mol.